The number of nitrogens with one attached hydrogen (secondary N) is 1. The van der Waals surface area contributed by atoms with Gasteiger partial charge in [0.05, 0.1) is 6.61 Å². The van der Waals surface area contributed by atoms with Crippen LogP contribution in [0, 0.1) is 18.8 Å². The quantitative estimate of drug-likeness (QED) is 0.856. The fraction of sp³-hybridized carbons (Fsp3) is 0.188. The SMILES string of the molecule is Cc1ccc(C#CCCO)cc1NC(=O)c1ccc(Cl)o1. The third-order valence-electron chi connectivity index (χ3n) is 2.75. The van der Waals surface area contributed by atoms with Crippen LogP contribution in [0.1, 0.15) is 28.1 Å². The van der Waals surface area contributed by atoms with E-state index in [0.29, 0.717) is 12.1 Å². The van der Waals surface area contributed by atoms with Crippen LogP contribution in [-0.4, -0.2) is 17.6 Å². The highest BCUT2D eigenvalue weighted by atomic mass is 35.5. The second kappa shape index (κ2) is 6.98. The molecule has 0 bridgehead atoms. The standard InChI is InChI=1S/C16H14ClNO3/c1-11-5-6-12(4-2-3-9-19)10-13(11)18-16(20)14-7-8-15(17)21-14/h5-8,10,19H,3,9H2,1H3,(H,18,20). The van der Waals surface area contributed by atoms with Crippen LogP contribution in [0.15, 0.2) is 34.7 Å². The van der Waals surface area contributed by atoms with Crippen LogP contribution in [0.5, 0.6) is 0 Å². The summed E-state index contributed by atoms with van der Waals surface area (Å²) in [5.74, 6) is 5.54. The Bertz CT molecular complexity index is 710. The molecule has 0 atom stereocenters. The van der Waals surface area contributed by atoms with E-state index in [1.807, 2.05) is 19.1 Å². The first-order valence-electron chi connectivity index (χ1n) is 6.37. The molecule has 0 aliphatic heterocycles. The van der Waals surface area contributed by atoms with E-state index in [1.54, 1.807) is 6.07 Å². The molecule has 1 aromatic heterocycles. The second-order valence-corrected chi connectivity index (χ2v) is 4.74. The molecule has 0 saturated carbocycles. The first-order chi connectivity index (χ1) is 10.1. The van der Waals surface area contributed by atoms with Crippen LogP contribution in [0.3, 0.4) is 0 Å². The number of halogens is 1. The molecule has 0 unspecified atom stereocenters. The molecule has 0 aliphatic rings. The zero-order chi connectivity index (χ0) is 15.2. The molecule has 1 amide bonds. The van der Waals surface area contributed by atoms with Crippen molar-refractivity contribution >= 4 is 23.2 Å². The second-order valence-electron chi connectivity index (χ2n) is 4.36. The normalized spacial score (nSPS) is 9.86. The molecule has 0 saturated heterocycles. The molecule has 1 aromatic carbocycles. The van der Waals surface area contributed by atoms with Gasteiger partial charge in [-0.05, 0) is 48.4 Å². The summed E-state index contributed by atoms with van der Waals surface area (Å²) in [5.41, 5.74) is 2.33. The van der Waals surface area contributed by atoms with Gasteiger partial charge in [-0.1, -0.05) is 17.9 Å². The van der Waals surface area contributed by atoms with Crippen molar-refractivity contribution in [3.8, 4) is 11.8 Å². The van der Waals surface area contributed by atoms with E-state index >= 15 is 0 Å². The first-order valence-corrected chi connectivity index (χ1v) is 6.75. The maximum atomic E-state index is 12.0. The lowest BCUT2D eigenvalue weighted by atomic mass is 10.1. The molecule has 2 rings (SSSR count). The van der Waals surface area contributed by atoms with E-state index in [-0.39, 0.29) is 23.5 Å². The van der Waals surface area contributed by atoms with Crippen molar-refractivity contribution in [1.29, 1.82) is 0 Å². The maximum Gasteiger partial charge on any atom is 0.291 e. The number of benzene rings is 1. The summed E-state index contributed by atoms with van der Waals surface area (Å²) in [4.78, 5) is 12.0. The van der Waals surface area contributed by atoms with Gasteiger partial charge in [-0.2, -0.15) is 0 Å². The summed E-state index contributed by atoms with van der Waals surface area (Å²) >= 11 is 5.65. The van der Waals surface area contributed by atoms with Crippen molar-refractivity contribution in [2.45, 2.75) is 13.3 Å². The zero-order valence-electron chi connectivity index (χ0n) is 11.4. The number of furan rings is 1. The van der Waals surface area contributed by atoms with Gasteiger partial charge in [0.15, 0.2) is 11.0 Å². The molecule has 0 aliphatic carbocycles. The molecular formula is C16H14ClNO3. The first kappa shape index (κ1) is 15.2. The fourth-order valence-electron chi connectivity index (χ4n) is 1.68. The maximum absolute atomic E-state index is 12.0. The predicted octanol–water partition coefficient (Wildman–Crippen LogP) is 3.23. The molecule has 0 fully saturated rings. The van der Waals surface area contributed by atoms with E-state index in [4.69, 9.17) is 21.1 Å². The van der Waals surface area contributed by atoms with Crippen LogP contribution >= 0.6 is 11.6 Å². The van der Waals surface area contributed by atoms with E-state index < -0.39 is 0 Å². The number of anilines is 1. The monoisotopic (exact) mass is 303 g/mol. The Morgan fingerprint density at radius 1 is 1.38 bits per heavy atom. The van der Waals surface area contributed by atoms with Gasteiger partial charge in [0, 0.05) is 17.7 Å². The molecule has 2 N–H and O–H groups in total. The van der Waals surface area contributed by atoms with Crippen molar-refractivity contribution in [1.82, 2.24) is 0 Å². The van der Waals surface area contributed by atoms with Crippen LogP contribution in [0.2, 0.25) is 5.22 Å². The number of carbonyl (C=O) groups excluding carboxylic acids is 1. The molecule has 21 heavy (non-hydrogen) atoms. The van der Waals surface area contributed by atoms with Crippen LogP contribution in [0.4, 0.5) is 5.69 Å². The lowest BCUT2D eigenvalue weighted by Gasteiger charge is -2.07. The Balaban J connectivity index is 2.17. The third-order valence-corrected chi connectivity index (χ3v) is 2.96. The van der Waals surface area contributed by atoms with Crippen LogP contribution < -0.4 is 5.32 Å². The average Bonchev–Trinajstić information content (AvgIpc) is 2.89. The van der Waals surface area contributed by atoms with Gasteiger partial charge >= 0.3 is 0 Å². The van der Waals surface area contributed by atoms with Gasteiger partial charge in [0.2, 0.25) is 0 Å². The van der Waals surface area contributed by atoms with Crippen LogP contribution in [0.25, 0.3) is 0 Å². The number of aryl methyl sites for hydroxylation is 1. The number of hydrogen-bond acceptors (Lipinski definition) is 3. The minimum Gasteiger partial charge on any atom is -0.440 e. The Kier molecular flexibility index (Phi) is 5.04. The molecule has 0 spiro atoms. The highest BCUT2D eigenvalue weighted by molar-refractivity contribution is 6.29. The Labute approximate surface area is 127 Å². The van der Waals surface area contributed by atoms with Crippen molar-refractivity contribution in [3.63, 3.8) is 0 Å². The Morgan fingerprint density at radius 3 is 2.86 bits per heavy atom. The lowest BCUT2D eigenvalue weighted by molar-refractivity contribution is 0.0996. The third kappa shape index (κ3) is 4.12. The van der Waals surface area contributed by atoms with Gasteiger partial charge in [-0.15, -0.1) is 0 Å². The summed E-state index contributed by atoms with van der Waals surface area (Å²) in [6.45, 7) is 1.91. The minimum atomic E-state index is -0.370. The molecular weight excluding hydrogens is 290 g/mol. The molecule has 1 heterocycles. The number of aliphatic hydroxyl groups is 1. The largest absolute Gasteiger partial charge is 0.440 e. The van der Waals surface area contributed by atoms with Gasteiger partial charge in [-0.25, -0.2) is 0 Å². The van der Waals surface area contributed by atoms with Gasteiger partial charge in [0.1, 0.15) is 0 Å². The molecule has 2 aromatic rings. The fourth-order valence-corrected chi connectivity index (χ4v) is 1.82. The van der Waals surface area contributed by atoms with Crippen LogP contribution in [-0.2, 0) is 0 Å². The number of carbonyl (C=O) groups is 1. The van der Waals surface area contributed by atoms with Crippen molar-refractivity contribution in [2.75, 3.05) is 11.9 Å². The molecule has 0 radical (unpaired) electrons. The number of aliphatic hydroxyl groups excluding tert-OH is 1. The summed E-state index contributed by atoms with van der Waals surface area (Å²) in [6, 6.07) is 8.53. The van der Waals surface area contributed by atoms with E-state index in [1.165, 1.54) is 12.1 Å². The van der Waals surface area contributed by atoms with E-state index in [0.717, 1.165) is 11.1 Å². The Hall–Kier alpha value is -2.22. The van der Waals surface area contributed by atoms with Crippen molar-refractivity contribution in [2.24, 2.45) is 0 Å². The summed E-state index contributed by atoms with van der Waals surface area (Å²) in [6.07, 6.45) is 0.417. The number of rotatable bonds is 3. The Morgan fingerprint density at radius 2 is 2.19 bits per heavy atom. The average molecular weight is 304 g/mol. The smallest absolute Gasteiger partial charge is 0.291 e. The predicted molar refractivity (Wildman–Crippen MR) is 81.4 cm³/mol. The van der Waals surface area contributed by atoms with Gasteiger partial charge in [-0.3, -0.25) is 4.79 Å². The minimum absolute atomic E-state index is 0.0295. The van der Waals surface area contributed by atoms with Gasteiger partial charge < -0.3 is 14.8 Å². The summed E-state index contributed by atoms with van der Waals surface area (Å²) in [7, 11) is 0. The zero-order valence-corrected chi connectivity index (χ0v) is 12.2. The summed E-state index contributed by atoms with van der Waals surface area (Å²) in [5, 5.41) is 11.6. The highest BCUT2D eigenvalue weighted by Crippen LogP contribution is 2.19. The van der Waals surface area contributed by atoms with Crippen molar-refractivity contribution in [3.05, 3.63) is 52.4 Å². The number of hydrogen-bond donors (Lipinski definition) is 2. The van der Waals surface area contributed by atoms with E-state index in [9.17, 15) is 4.79 Å². The van der Waals surface area contributed by atoms with E-state index in [2.05, 4.69) is 17.2 Å². The topological polar surface area (TPSA) is 62.5 Å². The van der Waals surface area contributed by atoms with Crippen molar-refractivity contribution < 1.29 is 14.3 Å². The molecule has 5 heteroatoms. The molecule has 4 nitrogen and oxygen atoms in total. The lowest BCUT2D eigenvalue weighted by Crippen LogP contribution is -2.11. The highest BCUT2D eigenvalue weighted by Gasteiger charge is 2.12. The number of amides is 1. The molecule has 108 valence electrons. The van der Waals surface area contributed by atoms with Gasteiger partial charge in [0.25, 0.3) is 5.91 Å². The summed E-state index contributed by atoms with van der Waals surface area (Å²) < 4.78 is 5.06.